The van der Waals surface area contributed by atoms with Gasteiger partial charge in [0, 0.05) is 18.0 Å². The molecule has 0 heterocycles. The van der Waals surface area contributed by atoms with Gasteiger partial charge in [-0.25, -0.2) is 8.42 Å². The SMILES string of the molecule is CCOc1ccc(NS(=O)(=O)c2cc(NC(=O)CCCl)ccc2OC)cc1Br. The van der Waals surface area contributed by atoms with Crippen LogP contribution in [0.3, 0.4) is 0 Å². The van der Waals surface area contributed by atoms with E-state index in [2.05, 4.69) is 26.0 Å². The minimum Gasteiger partial charge on any atom is -0.495 e. The molecule has 0 radical (unpaired) electrons. The van der Waals surface area contributed by atoms with Crippen molar-refractivity contribution in [1.29, 1.82) is 0 Å². The predicted octanol–water partition coefficient (Wildman–Crippen LogP) is 4.22. The molecule has 0 saturated carbocycles. The van der Waals surface area contributed by atoms with Gasteiger partial charge in [-0.05, 0) is 59.3 Å². The molecule has 10 heteroatoms. The topological polar surface area (TPSA) is 93.7 Å². The second-order valence-electron chi connectivity index (χ2n) is 5.54. The number of ether oxygens (including phenoxy) is 2. The van der Waals surface area contributed by atoms with E-state index in [-0.39, 0.29) is 28.9 Å². The van der Waals surface area contributed by atoms with Crippen molar-refractivity contribution in [3.05, 3.63) is 40.9 Å². The van der Waals surface area contributed by atoms with E-state index in [4.69, 9.17) is 21.1 Å². The van der Waals surface area contributed by atoms with Crippen LogP contribution in [0.15, 0.2) is 45.8 Å². The minimum atomic E-state index is -3.98. The molecular weight excluding hydrogens is 472 g/mol. The molecule has 0 bridgehead atoms. The lowest BCUT2D eigenvalue weighted by atomic mass is 10.3. The summed E-state index contributed by atoms with van der Waals surface area (Å²) in [6, 6.07) is 9.20. The first kappa shape index (κ1) is 22.3. The molecule has 152 valence electrons. The highest BCUT2D eigenvalue weighted by atomic mass is 79.9. The zero-order chi connectivity index (χ0) is 20.7. The zero-order valence-electron chi connectivity index (χ0n) is 15.3. The maximum atomic E-state index is 12.9. The van der Waals surface area contributed by atoms with Crippen LogP contribution < -0.4 is 19.5 Å². The number of carbonyl (C=O) groups excluding carboxylic acids is 1. The number of halogens is 2. The Bertz CT molecular complexity index is 953. The van der Waals surface area contributed by atoms with Gasteiger partial charge in [-0.15, -0.1) is 11.6 Å². The van der Waals surface area contributed by atoms with Crippen molar-refractivity contribution in [2.24, 2.45) is 0 Å². The van der Waals surface area contributed by atoms with E-state index in [0.717, 1.165) is 0 Å². The Balaban J connectivity index is 2.33. The Labute approximate surface area is 177 Å². The number of alkyl halides is 1. The predicted molar refractivity (Wildman–Crippen MR) is 113 cm³/mol. The molecule has 2 rings (SSSR count). The van der Waals surface area contributed by atoms with Gasteiger partial charge in [0.25, 0.3) is 10.0 Å². The van der Waals surface area contributed by atoms with Gasteiger partial charge in [-0.1, -0.05) is 0 Å². The third-order valence-electron chi connectivity index (χ3n) is 3.54. The molecule has 7 nitrogen and oxygen atoms in total. The molecule has 0 saturated heterocycles. The Morgan fingerprint density at radius 3 is 2.43 bits per heavy atom. The molecule has 0 aliphatic rings. The third kappa shape index (κ3) is 5.76. The molecule has 0 fully saturated rings. The molecule has 0 aliphatic heterocycles. The number of hydrogen-bond donors (Lipinski definition) is 2. The highest BCUT2D eigenvalue weighted by Crippen LogP contribution is 2.32. The molecule has 0 unspecified atom stereocenters. The molecule has 0 aliphatic carbocycles. The van der Waals surface area contributed by atoms with Gasteiger partial charge in [0.1, 0.15) is 16.4 Å². The highest BCUT2D eigenvalue weighted by Gasteiger charge is 2.21. The number of benzene rings is 2. The maximum Gasteiger partial charge on any atom is 0.265 e. The lowest BCUT2D eigenvalue weighted by Gasteiger charge is -2.14. The quantitative estimate of drug-likeness (QED) is 0.512. The van der Waals surface area contributed by atoms with Gasteiger partial charge in [-0.2, -0.15) is 0 Å². The summed E-state index contributed by atoms with van der Waals surface area (Å²) in [6.07, 6.45) is 0.119. The summed E-state index contributed by atoms with van der Waals surface area (Å²) in [5, 5.41) is 2.61. The van der Waals surface area contributed by atoms with Gasteiger partial charge in [0.15, 0.2) is 0 Å². The van der Waals surface area contributed by atoms with E-state index < -0.39 is 10.0 Å². The van der Waals surface area contributed by atoms with Crippen LogP contribution in [0.4, 0.5) is 11.4 Å². The average molecular weight is 492 g/mol. The highest BCUT2D eigenvalue weighted by molar-refractivity contribution is 9.10. The van der Waals surface area contributed by atoms with Crippen molar-refractivity contribution < 1.29 is 22.7 Å². The van der Waals surface area contributed by atoms with Crippen molar-refractivity contribution in [3.8, 4) is 11.5 Å². The molecule has 28 heavy (non-hydrogen) atoms. The van der Waals surface area contributed by atoms with Crippen LogP contribution in [0.5, 0.6) is 11.5 Å². The van der Waals surface area contributed by atoms with E-state index in [0.29, 0.717) is 28.2 Å². The maximum absolute atomic E-state index is 12.9. The number of nitrogens with one attached hydrogen (secondary N) is 2. The summed E-state index contributed by atoms with van der Waals surface area (Å²) < 4.78 is 39.5. The Morgan fingerprint density at radius 1 is 1.14 bits per heavy atom. The van der Waals surface area contributed by atoms with E-state index in [1.54, 1.807) is 24.3 Å². The Hall–Kier alpha value is -1.97. The second kappa shape index (κ2) is 9.99. The molecule has 2 N–H and O–H groups in total. The van der Waals surface area contributed by atoms with Gasteiger partial charge in [0.2, 0.25) is 5.91 Å². The van der Waals surface area contributed by atoms with Crippen molar-refractivity contribution in [1.82, 2.24) is 0 Å². The Kier molecular flexibility index (Phi) is 7.97. The normalized spacial score (nSPS) is 11.0. The number of methoxy groups -OCH3 is 1. The van der Waals surface area contributed by atoms with E-state index in [9.17, 15) is 13.2 Å². The fourth-order valence-corrected chi connectivity index (χ4v) is 4.23. The lowest BCUT2D eigenvalue weighted by molar-refractivity contribution is -0.115. The fraction of sp³-hybridized carbons (Fsp3) is 0.278. The van der Waals surface area contributed by atoms with Gasteiger partial charge in [0.05, 0.1) is 23.9 Å². The summed E-state index contributed by atoms with van der Waals surface area (Å²) in [5.74, 6) is 0.605. The molecule has 1 amide bonds. The van der Waals surface area contributed by atoms with Crippen molar-refractivity contribution in [3.63, 3.8) is 0 Å². The summed E-state index contributed by atoms with van der Waals surface area (Å²) in [7, 11) is -2.61. The summed E-state index contributed by atoms with van der Waals surface area (Å²) in [4.78, 5) is 11.6. The molecule has 2 aromatic carbocycles. The molecule has 0 aromatic heterocycles. The molecule has 2 aromatic rings. The van der Waals surface area contributed by atoms with E-state index in [1.807, 2.05) is 6.92 Å². The first-order valence-electron chi connectivity index (χ1n) is 8.29. The smallest absolute Gasteiger partial charge is 0.265 e. The summed E-state index contributed by atoms with van der Waals surface area (Å²) >= 11 is 8.90. The molecule has 0 atom stereocenters. The fourth-order valence-electron chi connectivity index (χ4n) is 2.32. The summed E-state index contributed by atoms with van der Waals surface area (Å²) in [5.41, 5.74) is 0.665. The second-order valence-corrected chi connectivity index (χ2v) is 8.42. The Morgan fingerprint density at radius 2 is 1.82 bits per heavy atom. The number of amides is 1. The van der Waals surface area contributed by atoms with E-state index in [1.165, 1.54) is 19.2 Å². The van der Waals surface area contributed by atoms with Crippen molar-refractivity contribution in [2.75, 3.05) is 29.6 Å². The van der Waals surface area contributed by atoms with Crippen LogP contribution in [0.2, 0.25) is 0 Å². The molecule has 0 spiro atoms. The first-order valence-corrected chi connectivity index (χ1v) is 11.1. The number of hydrogen-bond acceptors (Lipinski definition) is 5. The number of rotatable bonds is 9. The van der Waals surface area contributed by atoms with Gasteiger partial charge in [-0.3, -0.25) is 9.52 Å². The standard InChI is InChI=1S/C18H20BrClN2O5S/c1-3-27-15-6-5-13(10-14(15)19)22-28(24,25)17-11-12(4-7-16(17)26-2)21-18(23)8-9-20/h4-7,10-11,22H,3,8-9H2,1-2H3,(H,21,23). The van der Waals surface area contributed by atoms with Crippen LogP contribution in [-0.4, -0.2) is 33.9 Å². The minimum absolute atomic E-state index is 0.108. The van der Waals surface area contributed by atoms with Crippen molar-refractivity contribution in [2.45, 2.75) is 18.2 Å². The lowest BCUT2D eigenvalue weighted by Crippen LogP contribution is -2.16. The largest absolute Gasteiger partial charge is 0.495 e. The average Bonchev–Trinajstić information content (AvgIpc) is 2.64. The van der Waals surface area contributed by atoms with Crippen molar-refractivity contribution >= 4 is 54.8 Å². The number of anilines is 2. The zero-order valence-corrected chi connectivity index (χ0v) is 18.4. The number of carbonyl (C=O) groups is 1. The van der Waals surface area contributed by atoms with E-state index >= 15 is 0 Å². The number of sulfonamides is 1. The van der Waals surface area contributed by atoms with Crippen LogP contribution in [0.25, 0.3) is 0 Å². The molecular formula is C18H20BrClN2O5S. The van der Waals surface area contributed by atoms with Gasteiger partial charge < -0.3 is 14.8 Å². The monoisotopic (exact) mass is 490 g/mol. The van der Waals surface area contributed by atoms with Crippen LogP contribution in [0, 0.1) is 0 Å². The van der Waals surface area contributed by atoms with Crippen LogP contribution in [0.1, 0.15) is 13.3 Å². The third-order valence-corrected chi connectivity index (χ3v) is 5.75. The van der Waals surface area contributed by atoms with Crippen LogP contribution in [-0.2, 0) is 14.8 Å². The first-order chi connectivity index (χ1) is 13.3. The van der Waals surface area contributed by atoms with Gasteiger partial charge >= 0.3 is 0 Å². The summed E-state index contributed by atoms with van der Waals surface area (Å²) in [6.45, 7) is 2.34. The van der Waals surface area contributed by atoms with Crippen LogP contribution >= 0.6 is 27.5 Å².